The fourth-order valence-corrected chi connectivity index (χ4v) is 2.88. The van der Waals surface area contributed by atoms with Crippen molar-refractivity contribution < 1.29 is 19.1 Å². The van der Waals surface area contributed by atoms with E-state index in [0.29, 0.717) is 23.6 Å². The maximum absolute atomic E-state index is 12.6. The van der Waals surface area contributed by atoms with Gasteiger partial charge in [0.1, 0.15) is 0 Å². The fourth-order valence-electron chi connectivity index (χ4n) is 2.05. The third-order valence-electron chi connectivity index (χ3n) is 3.35. The highest BCUT2D eigenvalue weighted by Crippen LogP contribution is 2.28. The number of rotatable bonds is 7. The Morgan fingerprint density at radius 3 is 2.67 bits per heavy atom. The van der Waals surface area contributed by atoms with Gasteiger partial charge in [-0.1, -0.05) is 0 Å². The second kappa shape index (κ2) is 7.78. The van der Waals surface area contributed by atoms with Gasteiger partial charge in [-0.3, -0.25) is 9.59 Å². The van der Waals surface area contributed by atoms with Gasteiger partial charge in [-0.05, 0) is 25.1 Å². The number of aromatic nitrogens is 1. The van der Waals surface area contributed by atoms with Crippen LogP contribution in [0.25, 0.3) is 0 Å². The molecular weight excluding hydrogens is 330 g/mol. The third-order valence-corrected chi connectivity index (χ3v) is 4.27. The zero-order valence-electron chi connectivity index (χ0n) is 13.7. The van der Waals surface area contributed by atoms with Gasteiger partial charge < -0.3 is 20.1 Å². The van der Waals surface area contributed by atoms with Crippen molar-refractivity contribution in [2.24, 2.45) is 5.73 Å². The zero-order chi connectivity index (χ0) is 17.7. The van der Waals surface area contributed by atoms with Gasteiger partial charge in [-0.25, -0.2) is 4.98 Å². The first-order valence-electron chi connectivity index (χ1n) is 7.16. The average molecular weight is 349 g/mol. The summed E-state index contributed by atoms with van der Waals surface area (Å²) in [7, 11) is 3.19. The number of amides is 2. The van der Waals surface area contributed by atoms with Crippen molar-refractivity contribution in [3.63, 3.8) is 0 Å². The molecule has 1 aromatic carbocycles. The summed E-state index contributed by atoms with van der Waals surface area (Å²) in [6.07, 6.45) is 0. The lowest BCUT2D eigenvalue weighted by Gasteiger charge is -2.18. The van der Waals surface area contributed by atoms with Crippen molar-refractivity contribution in [1.82, 2.24) is 9.88 Å². The molecule has 1 heterocycles. The van der Waals surface area contributed by atoms with E-state index >= 15 is 0 Å². The van der Waals surface area contributed by atoms with Crippen LogP contribution in [0.5, 0.6) is 11.5 Å². The predicted molar refractivity (Wildman–Crippen MR) is 90.3 cm³/mol. The number of thiazole rings is 1. The highest BCUT2D eigenvalue weighted by molar-refractivity contribution is 7.09. The molecule has 7 nitrogen and oxygen atoms in total. The summed E-state index contributed by atoms with van der Waals surface area (Å²) in [6, 6.07) is 4.78. The molecule has 128 valence electrons. The second-order valence-electron chi connectivity index (χ2n) is 5.14. The number of carbonyl (C=O) groups excluding carboxylic acids is 2. The Labute approximate surface area is 144 Å². The van der Waals surface area contributed by atoms with Gasteiger partial charge in [-0.2, -0.15) is 0 Å². The second-order valence-corrected chi connectivity index (χ2v) is 6.08. The van der Waals surface area contributed by atoms with E-state index in [1.807, 2.05) is 6.92 Å². The van der Waals surface area contributed by atoms with E-state index in [1.54, 1.807) is 35.7 Å². The van der Waals surface area contributed by atoms with Crippen LogP contribution in [-0.2, 0) is 11.3 Å². The van der Waals surface area contributed by atoms with Crippen LogP contribution < -0.4 is 15.2 Å². The maximum Gasteiger partial charge on any atom is 0.255 e. The average Bonchev–Trinajstić information content (AvgIpc) is 2.96. The molecule has 0 unspecified atom stereocenters. The number of carbonyl (C=O) groups is 2. The minimum atomic E-state index is -0.586. The molecule has 0 aliphatic heterocycles. The number of nitrogens with zero attached hydrogens (tertiary/aromatic N) is 2. The van der Waals surface area contributed by atoms with Crippen LogP contribution in [0.1, 0.15) is 20.9 Å². The van der Waals surface area contributed by atoms with Crippen molar-refractivity contribution >= 4 is 23.2 Å². The Balaban J connectivity index is 2.14. The molecule has 0 atom stereocenters. The first kappa shape index (κ1) is 17.7. The van der Waals surface area contributed by atoms with E-state index in [2.05, 4.69) is 4.98 Å². The fraction of sp³-hybridized carbons (Fsp3) is 0.312. The number of hydrogen-bond acceptors (Lipinski definition) is 6. The summed E-state index contributed by atoms with van der Waals surface area (Å²) in [5, 5.41) is 0. The predicted octanol–water partition coefficient (Wildman–Crippen LogP) is 1.60. The molecule has 0 aliphatic carbocycles. The first-order chi connectivity index (χ1) is 11.4. The molecule has 2 aromatic rings. The molecule has 8 heteroatoms. The SMILES string of the molecule is COc1cc(C(=O)N(C)Cc2scnc2C)ccc1OCC(N)=O. The lowest BCUT2D eigenvalue weighted by molar-refractivity contribution is -0.119. The number of benzene rings is 1. The van der Waals surface area contributed by atoms with E-state index in [4.69, 9.17) is 15.2 Å². The molecule has 0 spiro atoms. The van der Waals surface area contributed by atoms with E-state index in [9.17, 15) is 9.59 Å². The summed E-state index contributed by atoms with van der Waals surface area (Å²) >= 11 is 1.52. The van der Waals surface area contributed by atoms with Crippen molar-refractivity contribution in [3.8, 4) is 11.5 Å². The molecule has 0 saturated carbocycles. The van der Waals surface area contributed by atoms with Crippen molar-refractivity contribution in [2.75, 3.05) is 20.8 Å². The number of methoxy groups -OCH3 is 1. The van der Waals surface area contributed by atoms with Gasteiger partial charge in [0, 0.05) is 17.5 Å². The molecule has 24 heavy (non-hydrogen) atoms. The summed E-state index contributed by atoms with van der Waals surface area (Å²) in [5.41, 5.74) is 8.20. The number of nitrogens with two attached hydrogens (primary N) is 1. The Morgan fingerprint density at radius 1 is 1.33 bits per heavy atom. The van der Waals surface area contributed by atoms with Crippen LogP contribution in [-0.4, -0.2) is 42.5 Å². The van der Waals surface area contributed by atoms with Gasteiger partial charge in [0.2, 0.25) is 0 Å². The number of ether oxygens (including phenoxy) is 2. The highest BCUT2D eigenvalue weighted by Gasteiger charge is 2.17. The Morgan fingerprint density at radius 2 is 2.08 bits per heavy atom. The molecular formula is C16H19N3O4S. The van der Waals surface area contributed by atoms with Crippen LogP contribution in [0.15, 0.2) is 23.7 Å². The van der Waals surface area contributed by atoms with Crippen molar-refractivity contribution in [3.05, 3.63) is 39.8 Å². The Kier molecular flexibility index (Phi) is 5.75. The van der Waals surface area contributed by atoms with Gasteiger partial charge in [-0.15, -0.1) is 11.3 Å². The zero-order valence-corrected chi connectivity index (χ0v) is 14.6. The Bertz CT molecular complexity index is 745. The van der Waals surface area contributed by atoms with Crippen molar-refractivity contribution in [2.45, 2.75) is 13.5 Å². The normalized spacial score (nSPS) is 10.3. The Hall–Kier alpha value is -2.61. The molecule has 1 aromatic heterocycles. The van der Waals surface area contributed by atoms with Crippen LogP contribution in [0.4, 0.5) is 0 Å². The molecule has 0 aliphatic rings. The molecule has 0 fully saturated rings. The van der Waals surface area contributed by atoms with Crippen molar-refractivity contribution in [1.29, 1.82) is 0 Å². The standard InChI is InChI=1S/C16H19N3O4S/c1-10-14(24-9-18-10)7-19(2)16(21)11-4-5-12(13(6-11)22-3)23-8-15(17)20/h4-6,9H,7-8H2,1-3H3,(H2,17,20). The van der Waals surface area contributed by atoms with E-state index < -0.39 is 5.91 Å². The summed E-state index contributed by atoms with van der Waals surface area (Å²) < 4.78 is 10.5. The lowest BCUT2D eigenvalue weighted by atomic mass is 10.1. The van der Waals surface area contributed by atoms with E-state index in [1.165, 1.54) is 18.4 Å². The quantitative estimate of drug-likeness (QED) is 0.819. The van der Waals surface area contributed by atoms with Gasteiger partial charge in [0.25, 0.3) is 11.8 Å². The smallest absolute Gasteiger partial charge is 0.255 e. The third kappa shape index (κ3) is 4.23. The molecule has 2 rings (SSSR count). The van der Waals surface area contributed by atoms with Crippen LogP contribution in [0, 0.1) is 6.92 Å². The molecule has 2 amide bonds. The van der Waals surface area contributed by atoms with Crippen LogP contribution in [0.3, 0.4) is 0 Å². The maximum atomic E-state index is 12.6. The van der Waals surface area contributed by atoms with Gasteiger partial charge in [0.15, 0.2) is 18.1 Å². The number of aryl methyl sites for hydroxylation is 1. The largest absolute Gasteiger partial charge is 0.493 e. The summed E-state index contributed by atoms with van der Waals surface area (Å²) in [5.74, 6) is -0.0160. The van der Waals surface area contributed by atoms with Gasteiger partial charge >= 0.3 is 0 Å². The topological polar surface area (TPSA) is 94.8 Å². The highest BCUT2D eigenvalue weighted by atomic mass is 32.1. The molecule has 0 saturated heterocycles. The lowest BCUT2D eigenvalue weighted by Crippen LogP contribution is -2.26. The van der Waals surface area contributed by atoms with E-state index in [0.717, 1.165) is 10.6 Å². The number of hydrogen-bond donors (Lipinski definition) is 1. The molecule has 0 bridgehead atoms. The molecule has 2 N–H and O–H groups in total. The summed E-state index contributed by atoms with van der Waals surface area (Å²) in [4.78, 5) is 30.2. The number of primary amides is 1. The van der Waals surface area contributed by atoms with E-state index in [-0.39, 0.29) is 12.5 Å². The first-order valence-corrected chi connectivity index (χ1v) is 8.04. The summed E-state index contributed by atoms with van der Waals surface area (Å²) in [6.45, 7) is 2.14. The monoisotopic (exact) mass is 349 g/mol. The molecule has 0 radical (unpaired) electrons. The van der Waals surface area contributed by atoms with Crippen LogP contribution in [0.2, 0.25) is 0 Å². The van der Waals surface area contributed by atoms with Crippen LogP contribution >= 0.6 is 11.3 Å². The van der Waals surface area contributed by atoms with Gasteiger partial charge in [0.05, 0.1) is 24.9 Å². The minimum Gasteiger partial charge on any atom is -0.493 e. The minimum absolute atomic E-state index is 0.150.